The van der Waals surface area contributed by atoms with E-state index in [0.717, 1.165) is 4.57 Å². The quantitative estimate of drug-likeness (QED) is 0.480. The normalized spacial score (nSPS) is 24.7. The summed E-state index contributed by atoms with van der Waals surface area (Å²) in [6, 6.07) is -1.49. The van der Waals surface area contributed by atoms with Crippen LogP contribution in [0.25, 0.3) is 0 Å². The van der Waals surface area contributed by atoms with Crippen molar-refractivity contribution in [2.45, 2.75) is 65.5 Å². The van der Waals surface area contributed by atoms with Gasteiger partial charge < -0.3 is 15.5 Å². The molecule has 1 saturated carbocycles. The summed E-state index contributed by atoms with van der Waals surface area (Å²) in [5.74, 6) is -1.52. The highest BCUT2D eigenvalue weighted by Crippen LogP contribution is 2.65. The number of thiocarbonyl (C=S) groups is 1. The molecule has 2 heterocycles. The van der Waals surface area contributed by atoms with Gasteiger partial charge in [-0.15, -0.1) is 0 Å². The molecule has 1 saturated heterocycles. The number of fused-ring (bicyclic) bond motifs is 1. The number of piperidine rings is 1. The molecule has 1 aromatic heterocycles. The van der Waals surface area contributed by atoms with Crippen molar-refractivity contribution >= 4 is 29.0 Å². The fourth-order valence-corrected chi connectivity index (χ4v) is 4.93. The molecular weight excluding hydrogens is 487 g/mol. The standard InChI is InChI=1S/C21H28F3N7O3S/c1-19(2,3)14(28-17(35)21(22,23)24)16(33)31-8-11-12(20(11,4)5)13(31)15(32)27-10(6-25)7-30-9-26-29-18(30)34/h9-14H,7-8H2,1-5H3,(H,27,32)(H,28,35)(H,29,34)/t10-,11+,12+,13+,14-/m1/s1. The van der Waals surface area contributed by atoms with Gasteiger partial charge in [0.2, 0.25) is 11.8 Å². The Balaban J connectivity index is 1.84. The van der Waals surface area contributed by atoms with Crippen molar-refractivity contribution in [1.82, 2.24) is 30.3 Å². The Labute approximate surface area is 205 Å². The van der Waals surface area contributed by atoms with E-state index in [1.165, 1.54) is 11.2 Å². The van der Waals surface area contributed by atoms with E-state index in [1.807, 2.05) is 19.9 Å². The van der Waals surface area contributed by atoms with Gasteiger partial charge in [0.05, 0.1) is 12.6 Å². The second kappa shape index (κ2) is 8.92. The first kappa shape index (κ1) is 26.7. The predicted molar refractivity (Wildman–Crippen MR) is 122 cm³/mol. The largest absolute Gasteiger partial charge is 0.441 e. The molecule has 192 valence electrons. The number of likely N-dealkylation sites (tertiary alicyclic amines) is 1. The fourth-order valence-electron chi connectivity index (χ4n) is 4.81. The smallest absolute Gasteiger partial charge is 0.360 e. The third kappa shape index (κ3) is 5.19. The predicted octanol–water partition coefficient (Wildman–Crippen LogP) is 0.957. The summed E-state index contributed by atoms with van der Waals surface area (Å²) in [4.78, 5) is 38.4. The zero-order chi connectivity index (χ0) is 26.5. The van der Waals surface area contributed by atoms with E-state index in [9.17, 15) is 32.8 Å². The summed E-state index contributed by atoms with van der Waals surface area (Å²) in [7, 11) is 0. The number of carbonyl (C=O) groups is 2. The van der Waals surface area contributed by atoms with Crippen molar-refractivity contribution in [2.75, 3.05) is 6.54 Å². The zero-order valence-corrected chi connectivity index (χ0v) is 20.8. The van der Waals surface area contributed by atoms with E-state index in [0.29, 0.717) is 0 Å². The molecule has 10 nitrogen and oxygen atoms in total. The molecule has 5 atom stereocenters. The summed E-state index contributed by atoms with van der Waals surface area (Å²) in [6.45, 7) is 8.75. The topological polar surface area (TPSA) is 136 Å². The van der Waals surface area contributed by atoms with Crippen LogP contribution in [0.1, 0.15) is 34.6 Å². The van der Waals surface area contributed by atoms with Crippen LogP contribution in [-0.4, -0.2) is 67.3 Å². The van der Waals surface area contributed by atoms with Crippen molar-refractivity contribution in [2.24, 2.45) is 22.7 Å². The summed E-state index contributed by atoms with van der Waals surface area (Å²) < 4.78 is 40.5. The molecule has 3 N–H and O–H groups in total. The molecule has 3 rings (SSSR count). The van der Waals surface area contributed by atoms with Gasteiger partial charge in [0.15, 0.2) is 4.99 Å². The Kier molecular flexibility index (Phi) is 6.80. The number of nitrogens with zero attached hydrogens (tertiary/aromatic N) is 4. The second-order valence-corrected chi connectivity index (χ2v) is 11.1. The molecule has 2 amide bonds. The Morgan fingerprint density at radius 3 is 2.46 bits per heavy atom. The van der Waals surface area contributed by atoms with E-state index in [-0.39, 0.29) is 30.3 Å². The molecule has 14 heteroatoms. The highest BCUT2D eigenvalue weighted by atomic mass is 32.1. The Bertz CT molecular complexity index is 1110. The van der Waals surface area contributed by atoms with E-state index in [2.05, 4.69) is 33.0 Å². The molecule has 0 bridgehead atoms. The second-order valence-electron chi connectivity index (χ2n) is 10.7. The number of amides is 2. The third-order valence-electron chi connectivity index (χ3n) is 6.88. The SMILES string of the molecule is CC(C)(C)[C@H](NC(=S)C(F)(F)F)C(=O)N1C[C@H]2[C@@H]([C@H]1C(=O)N[C@H](C#N)Cn1cn[nH]c1=O)C2(C)C. The maximum absolute atomic E-state index is 13.5. The zero-order valence-electron chi connectivity index (χ0n) is 19.9. The number of halogens is 3. The number of rotatable bonds is 6. The number of hydrogen-bond acceptors (Lipinski definition) is 6. The van der Waals surface area contributed by atoms with Gasteiger partial charge in [-0.25, -0.2) is 9.89 Å². The van der Waals surface area contributed by atoms with Crippen molar-refractivity contribution < 1.29 is 22.8 Å². The van der Waals surface area contributed by atoms with Crippen LogP contribution in [0.5, 0.6) is 0 Å². The number of alkyl halides is 3. The average Bonchev–Trinajstić information content (AvgIpc) is 3.10. The van der Waals surface area contributed by atoms with Crippen LogP contribution in [0.4, 0.5) is 13.2 Å². The minimum absolute atomic E-state index is 0.0191. The number of aromatic nitrogens is 3. The molecule has 2 fully saturated rings. The number of aromatic amines is 1. The first-order valence-electron chi connectivity index (χ1n) is 11.0. The third-order valence-corrected chi connectivity index (χ3v) is 7.23. The number of carbonyl (C=O) groups excluding carboxylic acids is 2. The van der Waals surface area contributed by atoms with Crippen LogP contribution in [0.15, 0.2) is 11.1 Å². The molecule has 35 heavy (non-hydrogen) atoms. The van der Waals surface area contributed by atoms with Crippen LogP contribution in [-0.2, 0) is 16.1 Å². The van der Waals surface area contributed by atoms with E-state index in [4.69, 9.17) is 0 Å². The highest BCUT2D eigenvalue weighted by molar-refractivity contribution is 7.80. The number of hydrogen-bond donors (Lipinski definition) is 3. The molecular formula is C21H28F3N7O3S. The summed E-state index contributed by atoms with van der Waals surface area (Å²) in [5.41, 5.74) is -1.76. The summed E-state index contributed by atoms with van der Waals surface area (Å²) in [6.07, 6.45) is -3.62. The van der Waals surface area contributed by atoms with Crippen LogP contribution >= 0.6 is 12.2 Å². The molecule has 2 aliphatic rings. The molecule has 1 aliphatic carbocycles. The van der Waals surface area contributed by atoms with Crippen LogP contribution < -0.4 is 16.3 Å². The minimum atomic E-state index is -4.81. The van der Waals surface area contributed by atoms with E-state index in [1.54, 1.807) is 20.8 Å². The van der Waals surface area contributed by atoms with Gasteiger partial charge in [0.25, 0.3) is 0 Å². The van der Waals surface area contributed by atoms with Gasteiger partial charge in [0, 0.05) is 6.54 Å². The van der Waals surface area contributed by atoms with Gasteiger partial charge in [-0.2, -0.15) is 23.5 Å². The van der Waals surface area contributed by atoms with Gasteiger partial charge >= 0.3 is 11.9 Å². The van der Waals surface area contributed by atoms with Crippen molar-refractivity contribution in [3.8, 4) is 6.07 Å². The number of nitriles is 1. The Hall–Kier alpha value is -2.95. The lowest BCUT2D eigenvalue weighted by atomic mass is 9.85. The van der Waals surface area contributed by atoms with Crippen molar-refractivity contribution in [3.63, 3.8) is 0 Å². The summed E-state index contributed by atoms with van der Waals surface area (Å²) >= 11 is 4.46. The van der Waals surface area contributed by atoms with Gasteiger partial charge in [-0.3, -0.25) is 14.2 Å². The molecule has 1 aromatic rings. The maximum atomic E-state index is 13.5. The lowest BCUT2D eigenvalue weighted by Gasteiger charge is -2.38. The number of nitrogens with one attached hydrogen (secondary N) is 3. The van der Waals surface area contributed by atoms with Crippen LogP contribution in [0.2, 0.25) is 0 Å². The molecule has 0 aromatic carbocycles. The molecule has 0 radical (unpaired) electrons. The summed E-state index contributed by atoms with van der Waals surface area (Å²) in [5, 5.41) is 20.0. The highest BCUT2D eigenvalue weighted by Gasteiger charge is 2.69. The molecule has 1 aliphatic heterocycles. The fraction of sp³-hybridized carbons (Fsp3) is 0.714. The average molecular weight is 516 g/mol. The molecule has 0 unspecified atom stereocenters. The minimum Gasteiger partial charge on any atom is -0.360 e. The monoisotopic (exact) mass is 515 g/mol. The molecule has 0 spiro atoms. The van der Waals surface area contributed by atoms with E-state index < -0.39 is 52.2 Å². The Morgan fingerprint density at radius 2 is 1.97 bits per heavy atom. The Morgan fingerprint density at radius 1 is 1.34 bits per heavy atom. The van der Waals surface area contributed by atoms with E-state index >= 15 is 0 Å². The van der Waals surface area contributed by atoms with Gasteiger partial charge in [0.1, 0.15) is 24.5 Å². The van der Waals surface area contributed by atoms with Gasteiger partial charge in [-0.1, -0.05) is 46.8 Å². The maximum Gasteiger partial charge on any atom is 0.441 e. The van der Waals surface area contributed by atoms with Crippen molar-refractivity contribution in [1.29, 1.82) is 5.26 Å². The number of H-pyrrole nitrogens is 1. The first-order chi connectivity index (χ1) is 16.0. The van der Waals surface area contributed by atoms with Gasteiger partial charge in [-0.05, 0) is 22.7 Å². The lowest BCUT2D eigenvalue weighted by molar-refractivity contribution is -0.144. The first-order valence-corrected chi connectivity index (χ1v) is 11.4. The van der Waals surface area contributed by atoms with Crippen molar-refractivity contribution in [3.05, 3.63) is 16.8 Å². The lowest BCUT2D eigenvalue weighted by Crippen LogP contribution is -2.60. The van der Waals surface area contributed by atoms with Crippen LogP contribution in [0.3, 0.4) is 0 Å². The van der Waals surface area contributed by atoms with Crippen LogP contribution in [0, 0.1) is 34.0 Å².